The van der Waals surface area contributed by atoms with Gasteiger partial charge in [0.1, 0.15) is 23.0 Å². The van der Waals surface area contributed by atoms with Gasteiger partial charge in [-0.05, 0) is 102 Å². The minimum atomic E-state index is -1.00. The first-order chi connectivity index (χ1) is 24.7. The van der Waals surface area contributed by atoms with Crippen molar-refractivity contribution in [2.75, 3.05) is 36.8 Å². The second-order valence-electron chi connectivity index (χ2n) is 13.5. The topological polar surface area (TPSA) is 197 Å². The van der Waals surface area contributed by atoms with Crippen molar-refractivity contribution < 1.29 is 39.6 Å². The number of carbonyl (C=O) groups is 4. The molecule has 0 bridgehead atoms. The summed E-state index contributed by atoms with van der Waals surface area (Å²) in [6.45, 7) is 16.7. The number of anilines is 2. The SMILES string of the molecule is CCNC1=CC(C)=C(O)C2C(=O)c3c(NCC)cc(C)c(O)c3C(=O)C12.CCNC1=CC(C)=C(O)C2C(=O)c3c(O)c(C)cc(NCC)c3C(=O)C12. The summed E-state index contributed by atoms with van der Waals surface area (Å²) in [5.74, 6) is -5.57. The van der Waals surface area contributed by atoms with Gasteiger partial charge in [-0.25, -0.2) is 0 Å². The number of aliphatic hydroxyl groups is 2. The first kappa shape index (κ1) is 37.7. The van der Waals surface area contributed by atoms with E-state index in [2.05, 4.69) is 21.3 Å². The lowest BCUT2D eigenvalue weighted by molar-refractivity contribution is 0.0739. The number of phenolic OH excluding ortho intramolecular Hbond substituents is 2. The van der Waals surface area contributed by atoms with Crippen LogP contribution in [0.3, 0.4) is 0 Å². The molecule has 0 heterocycles. The molecular formula is C40H48N4O8. The molecule has 4 aliphatic carbocycles. The maximum absolute atomic E-state index is 13.4. The monoisotopic (exact) mass is 712 g/mol. The predicted octanol–water partition coefficient (Wildman–Crippen LogP) is 6.17. The highest BCUT2D eigenvalue weighted by atomic mass is 16.3. The molecular weight excluding hydrogens is 664 g/mol. The second kappa shape index (κ2) is 14.6. The molecule has 2 aromatic rings. The van der Waals surface area contributed by atoms with Crippen LogP contribution in [0.1, 0.15) is 94.1 Å². The van der Waals surface area contributed by atoms with E-state index < -0.39 is 29.5 Å². The third kappa shape index (κ3) is 5.99. The molecule has 0 saturated carbocycles. The fourth-order valence-electron chi connectivity index (χ4n) is 7.71. The third-order valence-corrected chi connectivity index (χ3v) is 10.1. The van der Waals surface area contributed by atoms with Crippen molar-refractivity contribution >= 4 is 34.5 Å². The lowest BCUT2D eigenvalue weighted by Gasteiger charge is -2.36. The van der Waals surface area contributed by atoms with Gasteiger partial charge >= 0.3 is 0 Å². The smallest absolute Gasteiger partial charge is 0.179 e. The van der Waals surface area contributed by atoms with E-state index in [-0.39, 0.29) is 62.6 Å². The Kier molecular flexibility index (Phi) is 10.6. The van der Waals surface area contributed by atoms with E-state index in [1.54, 1.807) is 52.0 Å². The van der Waals surface area contributed by atoms with Gasteiger partial charge in [-0.1, -0.05) is 0 Å². The summed E-state index contributed by atoms with van der Waals surface area (Å²) in [5.41, 5.74) is 4.85. The highest BCUT2D eigenvalue weighted by Crippen LogP contribution is 2.48. The van der Waals surface area contributed by atoms with Crippen molar-refractivity contribution in [3.8, 4) is 11.5 Å². The minimum absolute atomic E-state index is 0.00398. The van der Waals surface area contributed by atoms with E-state index in [0.717, 1.165) is 0 Å². The number of allylic oxidation sites excluding steroid dienone is 8. The Morgan fingerprint density at radius 3 is 1.13 bits per heavy atom. The van der Waals surface area contributed by atoms with Crippen LogP contribution in [0.15, 0.2) is 58.3 Å². The van der Waals surface area contributed by atoms with Crippen molar-refractivity contribution in [1.82, 2.24) is 10.6 Å². The van der Waals surface area contributed by atoms with Gasteiger partial charge in [0.25, 0.3) is 0 Å². The van der Waals surface area contributed by atoms with Crippen LogP contribution in [-0.4, -0.2) is 69.7 Å². The van der Waals surface area contributed by atoms with E-state index in [1.807, 2.05) is 27.7 Å². The summed E-state index contributed by atoms with van der Waals surface area (Å²) in [4.78, 5) is 53.2. The molecule has 4 unspecified atom stereocenters. The van der Waals surface area contributed by atoms with Gasteiger partial charge in [0.15, 0.2) is 23.1 Å². The predicted molar refractivity (Wildman–Crippen MR) is 199 cm³/mol. The average Bonchev–Trinajstić information content (AvgIpc) is 3.09. The van der Waals surface area contributed by atoms with Crippen LogP contribution in [0.4, 0.5) is 11.4 Å². The number of Topliss-reactive ketones (excluding diaryl/α,β-unsaturated/α-hetero) is 4. The fraction of sp³-hybridized carbons (Fsp3) is 0.400. The van der Waals surface area contributed by atoms with Crippen LogP contribution in [-0.2, 0) is 0 Å². The first-order valence-electron chi connectivity index (χ1n) is 17.7. The van der Waals surface area contributed by atoms with E-state index in [0.29, 0.717) is 71.2 Å². The van der Waals surface area contributed by atoms with Crippen molar-refractivity contribution in [3.05, 3.63) is 91.7 Å². The molecule has 0 fully saturated rings. The van der Waals surface area contributed by atoms with Gasteiger partial charge in [-0.3, -0.25) is 19.2 Å². The van der Waals surface area contributed by atoms with E-state index >= 15 is 0 Å². The Morgan fingerprint density at radius 1 is 0.481 bits per heavy atom. The molecule has 0 radical (unpaired) electrons. The van der Waals surface area contributed by atoms with E-state index in [9.17, 15) is 39.6 Å². The highest BCUT2D eigenvalue weighted by Gasteiger charge is 2.51. The Morgan fingerprint density at radius 2 is 0.788 bits per heavy atom. The van der Waals surface area contributed by atoms with E-state index in [4.69, 9.17) is 0 Å². The van der Waals surface area contributed by atoms with Crippen LogP contribution in [0, 0.1) is 37.5 Å². The van der Waals surface area contributed by atoms with E-state index in [1.165, 1.54) is 0 Å². The zero-order valence-corrected chi connectivity index (χ0v) is 30.9. The summed E-state index contributed by atoms with van der Waals surface area (Å²) in [6.07, 6.45) is 3.42. The number of aryl methyl sites for hydroxylation is 2. The number of phenols is 2. The van der Waals surface area contributed by atoms with Crippen LogP contribution in [0.25, 0.3) is 0 Å². The lowest BCUT2D eigenvalue weighted by atomic mass is 9.68. The number of carbonyl (C=O) groups excluding carboxylic acids is 4. The Hall–Kier alpha value is -5.52. The van der Waals surface area contributed by atoms with Gasteiger partial charge in [0.05, 0.1) is 45.9 Å². The number of benzene rings is 2. The maximum Gasteiger partial charge on any atom is 0.179 e. The molecule has 0 saturated heterocycles. The fourth-order valence-corrected chi connectivity index (χ4v) is 7.71. The maximum atomic E-state index is 13.4. The number of aromatic hydroxyl groups is 2. The highest BCUT2D eigenvalue weighted by molar-refractivity contribution is 6.23. The summed E-state index contributed by atoms with van der Waals surface area (Å²) >= 11 is 0. The standard InChI is InChI=1S/2C20H24N2O4/c1-5-21-11-7-9(3)17(23)15-13(11)19(25)16-14(20(15)26)12(22-6-2)8-10(4)18(16)24;1-5-21-11-7-9(3)17(23)15-13(11)19(25)14-12(22-6-2)8-10(4)18(24)16(14)20(15)26/h2*7-8,13,15,21-24H,5-6H2,1-4H3. The third-order valence-electron chi connectivity index (χ3n) is 10.1. The Labute approximate surface area is 303 Å². The van der Waals surface area contributed by atoms with Gasteiger partial charge < -0.3 is 41.7 Å². The minimum Gasteiger partial charge on any atom is -0.511 e. The number of aliphatic hydroxyl groups excluding tert-OH is 2. The van der Waals surface area contributed by atoms with Crippen LogP contribution >= 0.6 is 0 Å². The summed E-state index contributed by atoms with van der Waals surface area (Å²) in [6, 6.07) is 3.35. The average molecular weight is 713 g/mol. The Balaban J connectivity index is 0.000000201. The zero-order valence-electron chi connectivity index (χ0n) is 30.9. The van der Waals surface area contributed by atoms with Crippen molar-refractivity contribution in [3.63, 3.8) is 0 Å². The molecule has 0 spiro atoms. The molecule has 276 valence electrons. The number of hydrogen-bond acceptors (Lipinski definition) is 12. The molecule has 0 amide bonds. The molecule has 2 aromatic carbocycles. The molecule has 0 aliphatic heterocycles. The van der Waals surface area contributed by atoms with Crippen molar-refractivity contribution in [1.29, 1.82) is 0 Å². The number of rotatable bonds is 8. The molecule has 6 rings (SSSR count). The van der Waals surface area contributed by atoms with Crippen molar-refractivity contribution in [2.45, 2.75) is 55.4 Å². The number of fused-ring (bicyclic) bond motifs is 4. The number of hydrogen-bond donors (Lipinski definition) is 8. The van der Waals surface area contributed by atoms with Crippen LogP contribution in [0.5, 0.6) is 11.5 Å². The Bertz CT molecular complexity index is 2020. The molecule has 4 atom stereocenters. The van der Waals surface area contributed by atoms with Gasteiger partial charge in [-0.2, -0.15) is 0 Å². The van der Waals surface area contributed by atoms with Crippen LogP contribution in [0.2, 0.25) is 0 Å². The normalized spacial score (nSPS) is 21.9. The molecule has 0 aromatic heterocycles. The second-order valence-corrected chi connectivity index (χ2v) is 13.5. The summed E-state index contributed by atoms with van der Waals surface area (Å²) in [7, 11) is 0. The van der Waals surface area contributed by atoms with Crippen LogP contribution < -0.4 is 21.3 Å². The molecule has 12 heteroatoms. The number of nitrogens with one attached hydrogen (secondary N) is 4. The molecule has 52 heavy (non-hydrogen) atoms. The van der Waals surface area contributed by atoms with Crippen molar-refractivity contribution in [2.24, 2.45) is 23.7 Å². The van der Waals surface area contributed by atoms with Gasteiger partial charge in [0, 0.05) is 48.9 Å². The largest absolute Gasteiger partial charge is 0.511 e. The molecule has 4 aliphatic rings. The van der Waals surface area contributed by atoms with Gasteiger partial charge in [0.2, 0.25) is 0 Å². The number of ketones is 4. The lowest BCUT2D eigenvalue weighted by Crippen LogP contribution is -2.44. The molecule has 8 N–H and O–H groups in total. The zero-order chi connectivity index (χ0) is 38.3. The summed E-state index contributed by atoms with van der Waals surface area (Å²) < 4.78 is 0. The summed E-state index contributed by atoms with van der Waals surface area (Å²) in [5, 5.41) is 54.7. The molecule has 12 nitrogen and oxygen atoms in total. The first-order valence-corrected chi connectivity index (χ1v) is 17.7. The quantitative estimate of drug-likeness (QED) is 0.145. The van der Waals surface area contributed by atoms with Gasteiger partial charge in [-0.15, -0.1) is 0 Å².